The van der Waals surface area contributed by atoms with Gasteiger partial charge in [0.1, 0.15) is 11.5 Å². The minimum atomic E-state index is -0.365. The van der Waals surface area contributed by atoms with Gasteiger partial charge in [0, 0.05) is 16.1 Å². The van der Waals surface area contributed by atoms with Crippen molar-refractivity contribution in [2.45, 2.75) is 0 Å². The summed E-state index contributed by atoms with van der Waals surface area (Å²) < 4.78 is 1.26. The van der Waals surface area contributed by atoms with E-state index in [1.165, 1.54) is 24.3 Å². The first-order valence-corrected chi connectivity index (χ1v) is 9.05. The quantitative estimate of drug-likeness (QED) is 0.432. The monoisotopic (exact) mass is 434 g/mol. The summed E-state index contributed by atoms with van der Waals surface area (Å²) in [5.74, 6) is -0.541. The number of nitrogens with zero attached hydrogens (tertiary/aromatic N) is 2. The van der Waals surface area contributed by atoms with E-state index in [1.807, 2.05) is 24.3 Å². The molecule has 1 amide bonds. The number of phenols is 2. The summed E-state index contributed by atoms with van der Waals surface area (Å²) in [5, 5.41) is 24.5. The first-order valence-electron chi connectivity index (χ1n) is 7.03. The molecule has 2 N–H and O–H groups in total. The van der Waals surface area contributed by atoms with Gasteiger partial charge in [-0.2, -0.15) is 10.1 Å². The average Bonchev–Trinajstić information content (AvgIpc) is 2.83. The molecule has 3 rings (SSSR count). The summed E-state index contributed by atoms with van der Waals surface area (Å²) in [6.45, 7) is 0. The zero-order valence-electron chi connectivity index (χ0n) is 12.6. The molecule has 0 unspecified atom stereocenters. The van der Waals surface area contributed by atoms with Gasteiger partial charge >= 0.3 is 0 Å². The first-order chi connectivity index (χ1) is 11.9. The minimum Gasteiger partial charge on any atom is -0.508 e. The summed E-state index contributed by atoms with van der Waals surface area (Å²) >= 11 is 9.66. The molecule has 1 aliphatic rings. The van der Waals surface area contributed by atoms with Crippen LogP contribution in [0.2, 0.25) is 0 Å². The maximum Gasteiger partial charge on any atom is 0.286 e. The molecule has 25 heavy (non-hydrogen) atoms. The number of carbonyl (C=O) groups excluding carboxylic acids is 1. The SMILES string of the molecule is O=C1/C(=C\c2ccc(O)cc2O)SC(=S)N1/N=C/c1ccc(Br)cc1. The van der Waals surface area contributed by atoms with Crippen molar-refractivity contribution >= 4 is 62.4 Å². The Kier molecular flexibility index (Phi) is 5.22. The predicted molar refractivity (Wildman–Crippen MR) is 107 cm³/mol. The zero-order valence-corrected chi connectivity index (χ0v) is 15.8. The van der Waals surface area contributed by atoms with Crippen molar-refractivity contribution in [2.75, 3.05) is 0 Å². The number of phenolic OH excluding ortho intramolecular Hbond substituents is 2. The highest BCUT2D eigenvalue weighted by Gasteiger charge is 2.32. The molecule has 0 bridgehead atoms. The van der Waals surface area contributed by atoms with Crippen LogP contribution in [0.5, 0.6) is 11.5 Å². The third-order valence-electron chi connectivity index (χ3n) is 3.27. The predicted octanol–water partition coefficient (Wildman–Crippen LogP) is 4.10. The summed E-state index contributed by atoms with van der Waals surface area (Å²) in [6, 6.07) is 11.6. The average molecular weight is 435 g/mol. The Balaban J connectivity index is 1.82. The molecule has 8 heteroatoms. The fraction of sp³-hybridized carbons (Fsp3) is 0. The molecule has 2 aromatic rings. The van der Waals surface area contributed by atoms with Crippen LogP contribution in [0.1, 0.15) is 11.1 Å². The van der Waals surface area contributed by atoms with Crippen LogP contribution in [0.25, 0.3) is 6.08 Å². The number of hydrazone groups is 1. The van der Waals surface area contributed by atoms with Crippen LogP contribution in [0, 0.1) is 0 Å². The molecule has 0 aliphatic carbocycles. The molecule has 0 radical (unpaired) electrons. The van der Waals surface area contributed by atoms with Crippen molar-refractivity contribution in [1.82, 2.24) is 5.01 Å². The molecule has 1 saturated heterocycles. The molecule has 1 heterocycles. The Morgan fingerprint density at radius 1 is 1.16 bits per heavy atom. The number of thiocarbonyl (C=S) groups is 1. The summed E-state index contributed by atoms with van der Waals surface area (Å²) in [4.78, 5) is 12.8. The number of hydrogen-bond donors (Lipinski definition) is 2. The smallest absolute Gasteiger partial charge is 0.286 e. The maximum absolute atomic E-state index is 12.5. The first kappa shape index (κ1) is 17.7. The molecular formula is C17H11BrN2O3S2. The molecule has 0 saturated carbocycles. The Bertz CT molecular complexity index is 911. The van der Waals surface area contributed by atoms with Crippen LogP contribution in [-0.2, 0) is 4.79 Å². The van der Waals surface area contributed by atoms with Gasteiger partial charge in [0.05, 0.1) is 11.1 Å². The third-order valence-corrected chi connectivity index (χ3v) is 5.08. The highest BCUT2D eigenvalue weighted by molar-refractivity contribution is 9.10. The third kappa shape index (κ3) is 4.09. The van der Waals surface area contributed by atoms with E-state index in [4.69, 9.17) is 12.2 Å². The molecule has 1 aliphatic heterocycles. The molecule has 2 aromatic carbocycles. The topological polar surface area (TPSA) is 73.1 Å². The van der Waals surface area contributed by atoms with Gasteiger partial charge in [-0.15, -0.1) is 0 Å². The second-order valence-electron chi connectivity index (χ2n) is 5.03. The van der Waals surface area contributed by atoms with E-state index >= 15 is 0 Å². The number of rotatable bonds is 3. The Hall–Kier alpha value is -2.16. The van der Waals surface area contributed by atoms with E-state index in [0.717, 1.165) is 26.8 Å². The van der Waals surface area contributed by atoms with E-state index in [9.17, 15) is 15.0 Å². The second-order valence-corrected chi connectivity index (χ2v) is 7.62. The largest absolute Gasteiger partial charge is 0.508 e. The Labute approximate surface area is 161 Å². The highest BCUT2D eigenvalue weighted by atomic mass is 79.9. The van der Waals surface area contributed by atoms with E-state index in [2.05, 4.69) is 21.0 Å². The van der Waals surface area contributed by atoms with Gasteiger partial charge in [0.25, 0.3) is 5.91 Å². The Morgan fingerprint density at radius 3 is 2.56 bits per heavy atom. The van der Waals surface area contributed by atoms with Crippen LogP contribution in [0.15, 0.2) is 56.9 Å². The Morgan fingerprint density at radius 2 is 1.88 bits per heavy atom. The number of halogens is 1. The lowest BCUT2D eigenvalue weighted by Crippen LogP contribution is -2.22. The van der Waals surface area contributed by atoms with E-state index < -0.39 is 0 Å². The standard InChI is InChI=1S/C17H11BrN2O3S2/c18-12-4-1-10(2-5-12)9-19-20-16(23)15(25-17(20)24)7-11-3-6-13(21)8-14(11)22/h1-9,21-22H/b15-7+,19-9+. The number of carbonyl (C=O) groups is 1. The van der Waals surface area contributed by atoms with Gasteiger partial charge in [-0.25, -0.2) is 0 Å². The summed E-state index contributed by atoms with van der Waals surface area (Å²) in [7, 11) is 0. The van der Waals surface area contributed by atoms with E-state index in [1.54, 1.807) is 6.21 Å². The fourth-order valence-electron chi connectivity index (χ4n) is 2.03. The maximum atomic E-state index is 12.5. The van der Waals surface area contributed by atoms with E-state index in [-0.39, 0.29) is 17.4 Å². The molecular weight excluding hydrogens is 424 g/mol. The number of thioether (sulfide) groups is 1. The molecule has 126 valence electrons. The van der Waals surface area contributed by atoms with Gasteiger partial charge in [0.2, 0.25) is 0 Å². The van der Waals surface area contributed by atoms with Crippen molar-refractivity contribution in [3.05, 3.63) is 63.0 Å². The van der Waals surface area contributed by atoms with E-state index in [0.29, 0.717) is 14.8 Å². The van der Waals surface area contributed by atoms with Crippen molar-refractivity contribution in [1.29, 1.82) is 0 Å². The normalized spacial score (nSPS) is 16.4. The van der Waals surface area contributed by atoms with Gasteiger partial charge in [-0.1, -0.05) is 39.8 Å². The molecule has 0 atom stereocenters. The van der Waals surface area contributed by atoms with Crippen molar-refractivity contribution < 1.29 is 15.0 Å². The highest BCUT2D eigenvalue weighted by Crippen LogP contribution is 2.34. The van der Waals surface area contributed by atoms with Crippen molar-refractivity contribution in [3.8, 4) is 11.5 Å². The van der Waals surface area contributed by atoms with Crippen LogP contribution in [0.4, 0.5) is 0 Å². The lowest BCUT2D eigenvalue weighted by atomic mass is 10.1. The zero-order chi connectivity index (χ0) is 18.0. The lowest BCUT2D eigenvalue weighted by Gasteiger charge is -2.06. The summed E-state index contributed by atoms with van der Waals surface area (Å²) in [6.07, 6.45) is 3.07. The van der Waals surface area contributed by atoms with Gasteiger partial charge in [0.15, 0.2) is 4.32 Å². The van der Waals surface area contributed by atoms with Gasteiger partial charge < -0.3 is 10.2 Å². The minimum absolute atomic E-state index is 0.0544. The van der Waals surface area contributed by atoms with Crippen LogP contribution >= 0.6 is 39.9 Å². The number of amides is 1. The van der Waals surface area contributed by atoms with Crippen LogP contribution in [-0.4, -0.2) is 31.7 Å². The fourth-order valence-corrected chi connectivity index (χ4v) is 3.46. The summed E-state index contributed by atoms with van der Waals surface area (Å²) in [5.41, 5.74) is 1.24. The number of hydrogen-bond acceptors (Lipinski definition) is 6. The molecule has 5 nitrogen and oxygen atoms in total. The second kappa shape index (κ2) is 7.38. The van der Waals surface area contributed by atoms with Gasteiger partial charge in [-0.3, -0.25) is 4.79 Å². The van der Waals surface area contributed by atoms with Gasteiger partial charge in [-0.05, 0) is 48.1 Å². The molecule has 1 fully saturated rings. The van der Waals surface area contributed by atoms with Crippen LogP contribution in [0.3, 0.4) is 0 Å². The van der Waals surface area contributed by atoms with Crippen LogP contribution < -0.4 is 0 Å². The lowest BCUT2D eigenvalue weighted by molar-refractivity contribution is -0.122. The molecule has 0 spiro atoms. The van der Waals surface area contributed by atoms with Crippen molar-refractivity contribution in [3.63, 3.8) is 0 Å². The molecule has 0 aromatic heterocycles. The number of aromatic hydroxyl groups is 2. The van der Waals surface area contributed by atoms with Crippen molar-refractivity contribution in [2.24, 2.45) is 5.10 Å². The number of benzene rings is 2.